The maximum atomic E-state index is 13.6. The number of methoxy groups -OCH3 is 1. The van der Waals surface area contributed by atoms with Gasteiger partial charge in [0.25, 0.3) is 0 Å². The Kier molecular flexibility index (Phi) is 5.89. The first-order chi connectivity index (χ1) is 11.9. The van der Waals surface area contributed by atoms with Gasteiger partial charge in [0, 0.05) is 20.6 Å². The minimum atomic E-state index is -0.826. The van der Waals surface area contributed by atoms with E-state index >= 15 is 0 Å². The molecule has 25 heavy (non-hydrogen) atoms. The quantitative estimate of drug-likeness (QED) is 0.803. The summed E-state index contributed by atoms with van der Waals surface area (Å²) in [5, 5.41) is 4.87. The number of hydrogen-bond donors (Lipinski definition) is 2. The van der Waals surface area contributed by atoms with Crippen molar-refractivity contribution in [1.29, 1.82) is 0 Å². The molecular formula is C17H19FN4O3. The molecular weight excluding hydrogens is 327 g/mol. The highest BCUT2D eigenvalue weighted by Gasteiger charge is 2.14. The maximum absolute atomic E-state index is 13.6. The second kappa shape index (κ2) is 8.09. The molecule has 0 spiro atoms. The number of anilines is 2. The highest BCUT2D eigenvalue weighted by Crippen LogP contribution is 2.17. The molecule has 0 aliphatic heterocycles. The third kappa shape index (κ3) is 4.90. The Bertz CT molecular complexity index is 763. The van der Waals surface area contributed by atoms with Crippen LogP contribution in [-0.4, -0.2) is 38.0 Å². The van der Waals surface area contributed by atoms with E-state index in [4.69, 9.17) is 4.74 Å². The van der Waals surface area contributed by atoms with Gasteiger partial charge < -0.3 is 20.3 Å². The van der Waals surface area contributed by atoms with Crippen LogP contribution in [-0.2, 0) is 16.1 Å². The number of hydrogen-bond acceptors (Lipinski definition) is 5. The van der Waals surface area contributed by atoms with Crippen LogP contribution in [0.2, 0.25) is 0 Å². The van der Waals surface area contributed by atoms with E-state index in [1.165, 1.54) is 25.4 Å². The van der Waals surface area contributed by atoms with Crippen molar-refractivity contribution in [3.63, 3.8) is 0 Å². The van der Waals surface area contributed by atoms with Crippen LogP contribution in [0.15, 0.2) is 36.5 Å². The lowest BCUT2D eigenvalue weighted by Gasteiger charge is -2.11. The molecule has 1 heterocycles. The molecule has 0 saturated carbocycles. The third-order valence-corrected chi connectivity index (χ3v) is 3.34. The molecule has 0 radical (unpaired) electrons. The molecule has 7 nitrogen and oxygen atoms in total. The zero-order chi connectivity index (χ0) is 18.4. The second-order valence-corrected chi connectivity index (χ2v) is 5.41. The average molecular weight is 346 g/mol. The highest BCUT2D eigenvalue weighted by molar-refractivity contribution is 6.39. The van der Waals surface area contributed by atoms with Crippen LogP contribution in [0.5, 0.6) is 5.75 Å². The summed E-state index contributed by atoms with van der Waals surface area (Å²) in [7, 11) is 5.05. The largest absolute Gasteiger partial charge is 0.494 e. The second-order valence-electron chi connectivity index (χ2n) is 5.41. The zero-order valence-corrected chi connectivity index (χ0v) is 14.2. The minimum Gasteiger partial charge on any atom is -0.494 e. The average Bonchev–Trinajstić information content (AvgIpc) is 2.60. The number of benzene rings is 1. The van der Waals surface area contributed by atoms with Gasteiger partial charge in [0.05, 0.1) is 19.0 Å². The Morgan fingerprint density at radius 2 is 1.96 bits per heavy atom. The van der Waals surface area contributed by atoms with Crippen LogP contribution >= 0.6 is 0 Å². The summed E-state index contributed by atoms with van der Waals surface area (Å²) < 4.78 is 18.4. The molecule has 2 N–H and O–H groups in total. The van der Waals surface area contributed by atoms with Crippen molar-refractivity contribution in [2.24, 2.45) is 0 Å². The molecule has 0 unspecified atom stereocenters. The summed E-state index contributed by atoms with van der Waals surface area (Å²) in [6.07, 6.45) is 1.46. The number of rotatable bonds is 5. The van der Waals surface area contributed by atoms with Gasteiger partial charge in [0.1, 0.15) is 5.82 Å². The molecule has 1 aromatic heterocycles. The number of carbonyl (C=O) groups excluding carboxylic acids is 2. The van der Waals surface area contributed by atoms with Crippen LogP contribution in [0.4, 0.5) is 15.9 Å². The summed E-state index contributed by atoms with van der Waals surface area (Å²) >= 11 is 0. The highest BCUT2D eigenvalue weighted by atomic mass is 19.1. The molecule has 2 rings (SSSR count). The predicted octanol–water partition coefficient (Wildman–Crippen LogP) is 1.55. The molecule has 8 heteroatoms. The number of nitrogens with zero attached hydrogens (tertiary/aromatic N) is 2. The molecule has 2 amide bonds. The Labute approximate surface area is 144 Å². The van der Waals surface area contributed by atoms with E-state index in [0.29, 0.717) is 11.3 Å². The molecule has 1 aromatic carbocycles. The topological polar surface area (TPSA) is 83.6 Å². The van der Waals surface area contributed by atoms with Gasteiger partial charge in [-0.05, 0) is 29.8 Å². The first kappa shape index (κ1) is 18.2. The van der Waals surface area contributed by atoms with Gasteiger partial charge in [-0.1, -0.05) is 6.07 Å². The molecule has 0 saturated heterocycles. The first-order valence-corrected chi connectivity index (χ1v) is 7.45. The molecule has 0 aliphatic rings. The van der Waals surface area contributed by atoms with Crippen molar-refractivity contribution in [3.8, 4) is 5.75 Å². The predicted molar refractivity (Wildman–Crippen MR) is 92.0 cm³/mol. The zero-order valence-electron chi connectivity index (χ0n) is 14.2. The summed E-state index contributed by atoms with van der Waals surface area (Å²) in [6, 6.07) is 7.65. The smallest absolute Gasteiger partial charge is 0.313 e. The van der Waals surface area contributed by atoms with E-state index in [1.807, 2.05) is 19.0 Å². The maximum Gasteiger partial charge on any atom is 0.313 e. The Hall–Kier alpha value is -3.16. The standard InChI is InChI=1S/C17H19FN4O3/c1-22(2)15-7-5-12(10-19-15)21-17(24)16(23)20-9-11-4-6-14(25-3)13(18)8-11/h4-8,10H,9H2,1-3H3,(H,20,23)(H,21,24). The number of aromatic nitrogens is 1. The van der Waals surface area contributed by atoms with Crippen LogP contribution in [0, 0.1) is 5.82 Å². The van der Waals surface area contributed by atoms with Crippen molar-refractivity contribution in [2.75, 3.05) is 31.4 Å². The monoisotopic (exact) mass is 346 g/mol. The Morgan fingerprint density at radius 1 is 1.20 bits per heavy atom. The van der Waals surface area contributed by atoms with E-state index in [-0.39, 0.29) is 12.3 Å². The first-order valence-electron chi connectivity index (χ1n) is 7.45. The van der Waals surface area contributed by atoms with E-state index in [9.17, 15) is 14.0 Å². The molecule has 0 atom stereocenters. The van der Waals surface area contributed by atoms with Crippen molar-refractivity contribution < 1.29 is 18.7 Å². The Morgan fingerprint density at radius 3 is 2.52 bits per heavy atom. The fourth-order valence-corrected chi connectivity index (χ4v) is 1.99. The Balaban J connectivity index is 1.89. The van der Waals surface area contributed by atoms with E-state index in [0.717, 1.165) is 5.82 Å². The number of amides is 2. The van der Waals surface area contributed by atoms with Crippen LogP contribution in [0.1, 0.15) is 5.56 Å². The summed E-state index contributed by atoms with van der Waals surface area (Å²) in [5.41, 5.74) is 0.915. The lowest BCUT2D eigenvalue weighted by Crippen LogP contribution is -2.35. The van der Waals surface area contributed by atoms with Crippen molar-refractivity contribution in [3.05, 3.63) is 47.9 Å². The van der Waals surface area contributed by atoms with Gasteiger partial charge in [0.15, 0.2) is 11.6 Å². The van der Waals surface area contributed by atoms with Crippen molar-refractivity contribution in [1.82, 2.24) is 10.3 Å². The van der Waals surface area contributed by atoms with Gasteiger partial charge in [-0.25, -0.2) is 9.37 Å². The van der Waals surface area contributed by atoms with E-state index in [1.54, 1.807) is 18.2 Å². The summed E-state index contributed by atoms with van der Waals surface area (Å²) in [5.74, 6) is -1.35. The van der Waals surface area contributed by atoms with Gasteiger partial charge >= 0.3 is 11.8 Å². The van der Waals surface area contributed by atoms with Crippen LogP contribution < -0.4 is 20.3 Å². The fraction of sp³-hybridized carbons (Fsp3) is 0.235. The van der Waals surface area contributed by atoms with Gasteiger partial charge in [0.2, 0.25) is 0 Å². The molecule has 0 fully saturated rings. The lowest BCUT2D eigenvalue weighted by atomic mass is 10.2. The number of halogens is 1. The van der Waals surface area contributed by atoms with Crippen molar-refractivity contribution in [2.45, 2.75) is 6.54 Å². The van der Waals surface area contributed by atoms with E-state index < -0.39 is 17.6 Å². The van der Waals surface area contributed by atoms with Gasteiger partial charge in [-0.3, -0.25) is 9.59 Å². The van der Waals surface area contributed by atoms with Crippen LogP contribution in [0.3, 0.4) is 0 Å². The number of nitrogens with one attached hydrogen (secondary N) is 2. The SMILES string of the molecule is COc1ccc(CNC(=O)C(=O)Nc2ccc(N(C)C)nc2)cc1F. The van der Waals surface area contributed by atoms with Crippen molar-refractivity contribution >= 4 is 23.3 Å². The van der Waals surface area contributed by atoms with Gasteiger partial charge in [-0.2, -0.15) is 0 Å². The molecule has 0 bridgehead atoms. The molecule has 132 valence electrons. The fourth-order valence-electron chi connectivity index (χ4n) is 1.99. The summed E-state index contributed by atoms with van der Waals surface area (Å²) in [6.45, 7) is 0.0188. The van der Waals surface area contributed by atoms with Crippen LogP contribution in [0.25, 0.3) is 0 Å². The normalized spacial score (nSPS) is 10.1. The molecule has 2 aromatic rings. The minimum absolute atomic E-state index is 0.0188. The number of ether oxygens (including phenoxy) is 1. The van der Waals surface area contributed by atoms with E-state index in [2.05, 4.69) is 15.6 Å². The van der Waals surface area contributed by atoms with Gasteiger partial charge in [-0.15, -0.1) is 0 Å². The number of pyridine rings is 1. The number of carbonyl (C=O) groups is 2. The molecule has 0 aliphatic carbocycles. The lowest BCUT2D eigenvalue weighted by molar-refractivity contribution is -0.136. The summed E-state index contributed by atoms with van der Waals surface area (Å²) in [4.78, 5) is 29.6. The third-order valence-electron chi connectivity index (χ3n) is 3.34.